The first-order valence-corrected chi connectivity index (χ1v) is 12.0. The molecule has 0 radical (unpaired) electrons. The molecule has 1 aliphatic rings. The smallest absolute Gasteiger partial charge is 0.230 e. The van der Waals surface area contributed by atoms with Gasteiger partial charge in [-0.05, 0) is 38.3 Å². The summed E-state index contributed by atoms with van der Waals surface area (Å²) in [7, 11) is 0. The van der Waals surface area contributed by atoms with Gasteiger partial charge in [0.25, 0.3) is 0 Å². The maximum absolute atomic E-state index is 13.3. The molecule has 172 valence electrons. The van der Waals surface area contributed by atoms with Crippen LogP contribution in [-0.2, 0) is 11.2 Å². The predicted molar refractivity (Wildman–Crippen MR) is 135 cm³/mol. The average molecular weight is 443 g/mol. The standard InChI is InChI=1S/C28H34N4O/c1-5-24-21(4)29-26(23-14-10-11-20(3)19-23)30-27(24)31-15-17-32(18-16-31)28(33)25(6-2)22-12-8-7-9-13-22/h7-14,19,25H,5-6,15-18H2,1-4H3. The van der Waals surface area contributed by atoms with Crippen LogP contribution in [0.5, 0.6) is 0 Å². The fraction of sp³-hybridized carbons (Fsp3) is 0.393. The van der Waals surface area contributed by atoms with Crippen LogP contribution in [0.3, 0.4) is 0 Å². The van der Waals surface area contributed by atoms with Crippen molar-refractivity contribution in [2.45, 2.75) is 46.5 Å². The lowest BCUT2D eigenvalue weighted by molar-refractivity contribution is -0.133. The molecule has 1 atom stereocenters. The summed E-state index contributed by atoms with van der Waals surface area (Å²) in [5.41, 5.74) is 5.58. The van der Waals surface area contributed by atoms with Gasteiger partial charge >= 0.3 is 0 Å². The van der Waals surface area contributed by atoms with Crippen molar-refractivity contribution in [3.05, 3.63) is 77.0 Å². The predicted octanol–water partition coefficient (Wildman–Crippen LogP) is 5.17. The van der Waals surface area contributed by atoms with Crippen molar-refractivity contribution in [3.8, 4) is 11.4 Å². The molecule has 3 aromatic rings. The van der Waals surface area contributed by atoms with Gasteiger partial charge in [0, 0.05) is 43.0 Å². The first-order valence-electron chi connectivity index (χ1n) is 12.0. The maximum atomic E-state index is 13.3. The number of carbonyl (C=O) groups excluding carboxylic acids is 1. The number of carbonyl (C=O) groups is 1. The molecule has 1 saturated heterocycles. The van der Waals surface area contributed by atoms with Crippen molar-refractivity contribution in [1.29, 1.82) is 0 Å². The Morgan fingerprint density at radius 1 is 0.939 bits per heavy atom. The molecule has 4 rings (SSSR count). The molecule has 1 amide bonds. The third kappa shape index (κ3) is 4.92. The van der Waals surface area contributed by atoms with Crippen LogP contribution in [0.15, 0.2) is 54.6 Å². The van der Waals surface area contributed by atoms with E-state index in [0.717, 1.165) is 54.4 Å². The Hall–Kier alpha value is -3.21. The van der Waals surface area contributed by atoms with Crippen LogP contribution in [0.2, 0.25) is 0 Å². The van der Waals surface area contributed by atoms with E-state index >= 15 is 0 Å². The van der Waals surface area contributed by atoms with Crippen molar-refractivity contribution in [1.82, 2.24) is 14.9 Å². The second-order valence-electron chi connectivity index (χ2n) is 8.84. The largest absolute Gasteiger partial charge is 0.353 e. The summed E-state index contributed by atoms with van der Waals surface area (Å²) in [6.45, 7) is 11.4. The van der Waals surface area contributed by atoms with Crippen LogP contribution in [-0.4, -0.2) is 47.0 Å². The van der Waals surface area contributed by atoms with Gasteiger partial charge in [0.2, 0.25) is 5.91 Å². The summed E-state index contributed by atoms with van der Waals surface area (Å²) in [6.07, 6.45) is 1.70. The summed E-state index contributed by atoms with van der Waals surface area (Å²) >= 11 is 0. The topological polar surface area (TPSA) is 49.3 Å². The van der Waals surface area contributed by atoms with Crippen molar-refractivity contribution in [3.63, 3.8) is 0 Å². The van der Waals surface area contributed by atoms with Gasteiger partial charge in [-0.15, -0.1) is 0 Å². The normalized spacial score (nSPS) is 14.9. The minimum absolute atomic E-state index is 0.0711. The lowest BCUT2D eigenvalue weighted by atomic mass is 9.95. The van der Waals surface area contributed by atoms with E-state index in [1.807, 2.05) is 23.1 Å². The van der Waals surface area contributed by atoms with Crippen LogP contribution in [0.4, 0.5) is 5.82 Å². The highest BCUT2D eigenvalue weighted by atomic mass is 16.2. The van der Waals surface area contributed by atoms with E-state index in [0.29, 0.717) is 13.1 Å². The highest BCUT2D eigenvalue weighted by molar-refractivity contribution is 5.84. The van der Waals surface area contributed by atoms with Gasteiger partial charge in [0.05, 0.1) is 5.92 Å². The third-order valence-electron chi connectivity index (χ3n) is 6.62. The van der Waals surface area contributed by atoms with Crippen molar-refractivity contribution < 1.29 is 4.79 Å². The molecule has 1 fully saturated rings. The molecular formula is C28H34N4O. The van der Waals surface area contributed by atoms with E-state index in [1.165, 1.54) is 11.1 Å². The number of hydrogen-bond acceptors (Lipinski definition) is 4. The van der Waals surface area contributed by atoms with Crippen molar-refractivity contribution >= 4 is 11.7 Å². The van der Waals surface area contributed by atoms with E-state index in [-0.39, 0.29) is 11.8 Å². The van der Waals surface area contributed by atoms with Crippen LogP contribution in [0.1, 0.15) is 48.6 Å². The molecule has 0 aliphatic carbocycles. The van der Waals surface area contributed by atoms with Crippen molar-refractivity contribution in [2.75, 3.05) is 31.1 Å². The molecular weight excluding hydrogens is 408 g/mol. The highest BCUT2D eigenvalue weighted by Crippen LogP contribution is 2.28. The van der Waals surface area contributed by atoms with Gasteiger partial charge in [0.15, 0.2) is 5.82 Å². The number of hydrogen-bond donors (Lipinski definition) is 0. The van der Waals surface area contributed by atoms with E-state index in [2.05, 4.69) is 69.0 Å². The molecule has 1 aromatic heterocycles. The van der Waals surface area contributed by atoms with Gasteiger partial charge in [-0.25, -0.2) is 9.97 Å². The summed E-state index contributed by atoms with van der Waals surface area (Å²) in [6, 6.07) is 18.5. The zero-order valence-corrected chi connectivity index (χ0v) is 20.2. The Labute approximate surface area is 197 Å². The van der Waals surface area contributed by atoms with E-state index in [4.69, 9.17) is 9.97 Å². The van der Waals surface area contributed by atoms with Crippen LogP contribution < -0.4 is 4.90 Å². The average Bonchev–Trinajstić information content (AvgIpc) is 2.84. The number of amides is 1. The molecule has 0 bridgehead atoms. The van der Waals surface area contributed by atoms with Gasteiger partial charge < -0.3 is 9.80 Å². The van der Waals surface area contributed by atoms with E-state index < -0.39 is 0 Å². The Morgan fingerprint density at radius 3 is 2.30 bits per heavy atom. The van der Waals surface area contributed by atoms with Crippen LogP contribution in [0, 0.1) is 13.8 Å². The van der Waals surface area contributed by atoms with Gasteiger partial charge in [-0.2, -0.15) is 0 Å². The van der Waals surface area contributed by atoms with Gasteiger partial charge in [0.1, 0.15) is 5.82 Å². The summed E-state index contributed by atoms with van der Waals surface area (Å²) in [5, 5.41) is 0. The fourth-order valence-corrected chi connectivity index (χ4v) is 4.77. The lowest BCUT2D eigenvalue weighted by Gasteiger charge is -2.38. The first kappa shape index (κ1) is 23.0. The quantitative estimate of drug-likeness (QED) is 0.529. The summed E-state index contributed by atoms with van der Waals surface area (Å²) in [5.74, 6) is 1.96. The zero-order chi connectivity index (χ0) is 23.4. The number of rotatable bonds is 6. The molecule has 5 nitrogen and oxygen atoms in total. The number of aryl methyl sites for hydroxylation is 2. The minimum atomic E-state index is -0.0711. The molecule has 0 spiro atoms. The summed E-state index contributed by atoms with van der Waals surface area (Å²) in [4.78, 5) is 27.5. The minimum Gasteiger partial charge on any atom is -0.353 e. The third-order valence-corrected chi connectivity index (χ3v) is 6.62. The molecule has 0 N–H and O–H groups in total. The Bertz CT molecular complexity index is 1100. The molecule has 1 aliphatic heterocycles. The monoisotopic (exact) mass is 442 g/mol. The lowest BCUT2D eigenvalue weighted by Crippen LogP contribution is -2.50. The van der Waals surface area contributed by atoms with Gasteiger partial charge in [-0.1, -0.05) is 67.9 Å². The molecule has 1 unspecified atom stereocenters. The maximum Gasteiger partial charge on any atom is 0.230 e. The Morgan fingerprint density at radius 2 is 1.67 bits per heavy atom. The summed E-state index contributed by atoms with van der Waals surface area (Å²) < 4.78 is 0. The molecule has 0 saturated carbocycles. The highest BCUT2D eigenvalue weighted by Gasteiger charge is 2.29. The SMILES string of the molecule is CCc1c(C)nc(-c2cccc(C)c2)nc1N1CCN(C(=O)C(CC)c2ccccc2)CC1. The van der Waals surface area contributed by atoms with Crippen molar-refractivity contribution in [2.24, 2.45) is 0 Å². The zero-order valence-electron chi connectivity index (χ0n) is 20.2. The van der Waals surface area contributed by atoms with E-state index in [1.54, 1.807) is 0 Å². The number of aromatic nitrogens is 2. The molecule has 2 aromatic carbocycles. The number of piperazine rings is 1. The second kappa shape index (κ2) is 10.2. The van der Waals surface area contributed by atoms with E-state index in [9.17, 15) is 4.79 Å². The Balaban J connectivity index is 1.54. The Kier molecular flexibility index (Phi) is 7.07. The van der Waals surface area contributed by atoms with Crippen LogP contribution in [0.25, 0.3) is 11.4 Å². The molecule has 5 heteroatoms. The second-order valence-corrected chi connectivity index (χ2v) is 8.84. The number of nitrogens with zero attached hydrogens (tertiary/aromatic N) is 4. The van der Waals surface area contributed by atoms with Gasteiger partial charge in [-0.3, -0.25) is 4.79 Å². The molecule has 33 heavy (non-hydrogen) atoms. The molecule has 2 heterocycles. The number of benzene rings is 2. The van der Waals surface area contributed by atoms with Crippen LogP contribution >= 0.6 is 0 Å². The first-order chi connectivity index (χ1) is 16.0. The fourth-order valence-electron chi connectivity index (χ4n) is 4.77. The number of anilines is 1.